The molecule has 21 heavy (non-hydrogen) atoms. The maximum Gasteiger partial charge on any atom is 0.0919 e. The third-order valence-electron chi connectivity index (χ3n) is 4.38. The lowest BCUT2D eigenvalue weighted by atomic mass is 9.99. The van der Waals surface area contributed by atoms with Crippen LogP contribution in [0.5, 0.6) is 0 Å². The molecule has 2 rings (SSSR count). The van der Waals surface area contributed by atoms with E-state index in [4.69, 9.17) is 0 Å². The number of aliphatic hydroxyl groups is 1. The van der Waals surface area contributed by atoms with Crippen molar-refractivity contribution in [1.29, 1.82) is 0 Å². The number of nitrogens with one attached hydrogen (secondary N) is 1. The summed E-state index contributed by atoms with van der Waals surface area (Å²) in [6, 6.07) is 7.52. The van der Waals surface area contributed by atoms with Crippen LogP contribution in [0.1, 0.15) is 49.5 Å². The van der Waals surface area contributed by atoms with E-state index in [0.29, 0.717) is 12.1 Å². The van der Waals surface area contributed by atoms with Crippen molar-refractivity contribution in [2.24, 2.45) is 0 Å². The van der Waals surface area contributed by atoms with Crippen LogP contribution >= 0.6 is 0 Å². The van der Waals surface area contributed by atoms with E-state index in [1.807, 2.05) is 0 Å². The second kappa shape index (κ2) is 7.39. The van der Waals surface area contributed by atoms with Crippen LogP contribution in [0.25, 0.3) is 0 Å². The predicted octanol–water partition coefficient (Wildman–Crippen LogP) is 2.80. The molecule has 0 amide bonds. The summed E-state index contributed by atoms with van der Waals surface area (Å²) >= 11 is 0. The number of aliphatic hydroxyl groups excluding tert-OH is 1. The molecule has 1 saturated heterocycles. The van der Waals surface area contributed by atoms with Crippen LogP contribution in [0.3, 0.4) is 0 Å². The highest BCUT2D eigenvalue weighted by Gasteiger charge is 2.22. The minimum atomic E-state index is -0.375. The van der Waals surface area contributed by atoms with Gasteiger partial charge in [0, 0.05) is 18.6 Å². The average molecular weight is 290 g/mol. The van der Waals surface area contributed by atoms with Gasteiger partial charge in [-0.25, -0.2) is 0 Å². The molecule has 1 aliphatic rings. The molecule has 0 radical (unpaired) electrons. The van der Waals surface area contributed by atoms with E-state index in [9.17, 15) is 5.11 Å². The lowest BCUT2D eigenvalue weighted by Crippen LogP contribution is -2.45. The number of rotatable bonds is 5. The summed E-state index contributed by atoms with van der Waals surface area (Å²) in [4.78, 5) is 2.39. The zero-order valence-electron chi connectivity index (χ0n) is 13.9. The highest BCUT2D eigenvalue weighted by atomic mass is 16.3. The molecule has 2 N–H and O–H groups in total. The Hall–Kier alpha value is -0.900. The number of aryl methyl sites for hydroxylation is 2. The minimum absolute atomic E-state index is 0.375. The quantitative estimate of drug-likeness (QED) is 0.875. The fourth-order valence-corrected chi connectivity index (χ4v) is 3.22. The van der Waals surface area contributed by atoms with Gasteiger partial charge >= 0.3 is 0 Å². The fourth-order valence-electron chi connectivity index (χ4n) is 3.22. The van der Waals surface area contributed by atoms with Gasteiger partial charge in [-0.1, -0.05) is 37.6 Å². The lowest BCUT2D eigenvalue weighted by Gasteiger charge is -2.34. The van der Waals surface area contributed by atoms with E-state index in [1.54, 1.807) is 0 Å². The summed E-state index contributed by atoms with van der Waals surface area (Å²) in [5.41, 5.74) is 3.48. The van der Waals surface area contributed by atoms with Gasteiger partial charge in [0.05, 0.1) is 6.10 Å². The zero-order chi connectivity index (χ0) is 15.4. The van der Waals surface area contributed by atoms with E-state index in [1.165, 1.54) is 24.0 Å². The van der Waals surface area contributed by atoms with Crippen molar-refractivity contribution in [3.63, 3.8) is 0 Å². The Kier molecular flexibility index (Phi) is 5.80. The summed E-state index contributed by atoms with van der Waals surface area (Å²) in [5.74, 6) is 0. The van der Waals surface area contributed by atoms with Crippen molar-refractivity contribution < 1.29 is 5.11 Å². The second-order valence-corrected chi connectivity index (χ2v) is 6.77. The van der Waals surface area contributed by atoms with Crippen LogP contribution in [-0.2, 0) is 0 Å². The van der Waals surface area contributed by atoms with Gasteiger partial charge in [0.25, 0.3) is 0 Å². The summed E-state index contributed by atoms with van der Waals surface area (Å²) in [5, 5.41) is 14.1. The molecule has 0 aromatic heterocycles. The van der Waals surface area contributed by atoms with Crippen molar-refractivity contribution >= 4 is 0 Å². The molecule has 0 unspecified atom stereocenters. The Morgan fingerprint density at radius 1 is 1.24 bits per heavy atom. The molecule has 0 bridgehead atoms. The van der Waals surface area contributed by atoms with Crippen molar-refractivity contribution in [3.05, 3.63) is 34.9 Å². The van der Waals surface area contributed by atoms with E-state index in [2.05, 4.69) is 56.1 Å². The molecule has 1 aliphatic heterocycles. The lowest BCUT2D eigenvalue weighted by molar-refractivity contribution is 0.0929. The van der Waals surface area contributed by atoms with Gasteiger partial charge in [-0.15, -0.1) is 0 Å². The van der Waals surface area contributed by atoms with E-state index < -0.39 is 0 Å². The molecule has 1 aromatic carbocycles. The number of likely N-dealkylation sites (tertiary alicyclic amines) is 1. The van der Waals surface area contributed by atoms with Gasteiger partial charge in [0.15, 0.2) is 0 Å². The highest BCUT2D eigenvalue weighted by Crippen LogP contribution is 2.22. The van der Waals surface area contributed by atoms with Crippen LogP contribution in [0.15, 0.2) is 18.2 Å². The van der Waals surface area contributed by atoms with Crippen molar-refractivity contribution in [2.45, 2.75) is 58.7 Å². The molecule has 1 heterocycles. The molecule has 3 heteroatoms. The smallest absolute Gasteiger partial charge is 0.0919 e. The first kappa shape index (κ1) is 16.5. The second-order valence-electron chi connectivity index (χ2n) is 6.77. The number of β-amino-alcohol motifs (C(OH)–C–C–N with tert-alkyl or cyclic N) is 1. The summed E-state index contributed by atoms with van der Waals surface area (Å²) < 4.78 is 0. The van der Waals surface area contributed by atoms with Gasteiger partial charge in [-0.3, -0.25) is 0 Å². The monoisotopic (exact) mass is 290 g/mol. The van der Waals surface area contributed by atoms with Gasteiger partial charge in [-0.05, 0) is 50.9 Å². The average Bonchev–Trinajstić information content (AvgIpc) is 2.43. The first-order valence-corrected chi connectivity index (χ1v) is 8.19. The topological polar surface area (TPSA) is 35.5 Å². The molecular weight excluding hydrogens is 260 g/mol. The Morgan fingerprint density at radius 2 is 1.90 bits per heavy atom. The van der Waals surface area contributed by atoms with Crippen LogP contribution < -0.4 is 5.32 Å². The Labute approximate surface area is 129 Å². The SMILES string of the molecule is Cc1ccc(C)c([C@@H](O)CN2CCC(NC(C)C)CC2)c1. The predicted molar refractivity (Wildman–Crippen MR) is 88.6 cm³/mol. The highest BCUT2D eigenvalue weighted by molar-refractivity contribution is 5.32. The normalized spacial score (nSPS) is 19.1. The first-order valence-electron chi connectivity index (χ1n) is 8.19. The third-order valence-corrected chi connectivity index (χ3v) is 4.38. The summed E-state index contributed by atoms with van der Waals surface area (Å²) in [7, 11) is 0. The Morgan fingerprint density at radius 3 is 2.52 bits per heavy atom. The third kappa shape index (κ3) is 4.80. The van der Waals surface area contributed by atoms with Gasteiger partial charge in [0.1, 0.15) is 0 Å². The minimum Gasteiger partial charge on any atom is -0.387 e. The Balaban J connectivity index is 1.87. The maximum atomic E-state index is 10.5. The molecule has 3 nitrogen and oxygen atoms in total. The standard InChI is InChI=1S/C18H30N2O/c1-13(2)19-16-7-9-20(10-8-16)12-18(21)17-11-14(3)5-6-15(17)4/h5-6,11,13,16,18-19,21H,7-10,12H2,1-4H3/t18-/m0/s1. The van der Waals surface area contributed by atoms with Crippen molar-refractivity contribution in [1.82, 2.24) is 10.2 Å². The van der Waals surface area contributed by atoms with Gasteiger partial charge in [0.2, 0.25) is 0 Å². The van der Waals surface area contributed by atoms with Crippen LogP contribution in [0.2, 0.25) is 0 Å². The number of hydrogen-bond donors (Lipinski definition) is 2. The first-order chi connectivity index (χ1) is 9.95. The van der Waals surface area contributed by atoms with E-state index >= 15 is 0 Å². The molecule has 0 spiro atoms. The summed E-state index contributed by atoms with van der Waals surface area (Å²) in [6.45, 7) is 11.5. The molecule has 0 saturated carbocycles. The van der Waals surface area contributed by atoms with Gasteiger partial charge in [-0.2, -0.15) is 0 Å². The largest absolute Gasteiger partial charge is 0.387 e. The fraction of sp³-hybridized carbons (Fsp3) is 0.667. The molecule has 1 fully saturated rings. The number of hydrogen-bond acceptors (Lipinski definition) is 3. The maximum absolute atomic E-state index is 10.5. The molecular formula is C18H30N2O. The zero-order valence-corrected chi connectivity index (χ0v) is 13.9. The number of nitrogens with zero attached hydrogens (tertiary/aromatic N) is 1. The van der Waals surface area contributed by atoms with Crippen molar-refractivity contribution in [2.75, 3.05) is 19.6 Å². The van der Waals surface area contributed by atoms with E-state index in [0.717, 1.165) is 25.2 Å². The summed E-state index contributed by atoms with van der Waals surface area (Å²) in [6.07, 6.45) is 1.98. The molecule has 1 aromatic rings. The van der Waals surface area contributed by atoms with Crippen LogP contribution in [0.4, 0.5) is 0 Å². The molecule has 118 valence electrons. The molecule has 0 aliphatic carbocycles. The van der Waals surface area contributed by atoms with Crippen LogP contribution in [-0.4, -0.2) is 41.7 Å². The number of benzene rings is 1. The van der Waals surface area contributed by atoms with E-state index in [-0.39, 0.29) is 6.10 Å². The van der Waals surface area contributed by atoms with Crippen LogP contribution in [0, 0.1) is 13.8 Å². The van der Waals surface area contributed by atoms with Gasteiger partial charge < -0.3 is 15.3 Å². The molecule has 1 atom stereocenters. The Bertz CT molecular complexity index is 451. The number of piperidine rings is 1. The van der Waals surface area contributed by atoms with Crippen molar-refractivity contribution in [3.8, 4) is 0 Å².